The third-order valence-corrected chi connectivity index (χ3v) is 6.38. The fourth-order valence-corrected chi connectivity index (χ4v) is 4.64. The molecule has 0 aliphatic carbocycles. The first-order valence-corrected chi connectivity index (χ1v) is 11.2. The molecule has 0 bridgehead atoms. The first-order valence-electron chi connectivity index (χ1n) is 11.2. The molecule has 0 spiro atoms. The van der Waals surface area contributed by atoms with Crippen LogP contribution in [0.4, 0.5) is 17.6 Å². The van der Waals surface area contributed by atoms with E-state index in [9.17, 15) is 27.2 Å². The number of aromatic nitrogens is 1. The van der Waals surface area contributed by atoms with Gasteiger partial charge in [0.05, 0.1) is 19.1 Å². The number of halogens is 4. The summed E-state index contributed by atoms with van der Waals surface area (Å²) in [5, 5.41) is 7.12. The quantitative estimate of drug-likeness (QED) is 0.518. The first-order chi connectivity index (χ1) is 16.1. The highest BCUT2D eigenvalue weighted by Crippen LogP contribution is 2.36. The van der Waals surface area contributed by atoms with Crippen molar-refractivity contribution in [3.8, 4) is 0 Å². The average molecular weight is 489 g/mol. The van der Waals surface area contributed by atoms with Crippen LogP contribution < -0.4 is 0 Å². The number of ether oxygens (including phenoxy) is 1. The average Bonchev–Trinajstić information content (AvgIpc) is 3.20. The van der Waals surface area contributed by atoms with E-state index in [2.05, 4.69) is 4.98 Å². The number of carboxylic acids is 1. The summed E-state index contributed by atoms with van der Waals surface area (Å²) in [5.41, 5.74) is 0.330. The van der Waals surface area contributed by atoms with Crippen molar-refractivity contribution in [3.63, 3.8) is 0 Å². The summed E-state index contributed by atoms with van der Waals surface area (Å²) < 4.78 is 51.0. The van der Waals surface area contributed by atoms with Crippen LogP contribution in [0.3, 0.4) is 0 Å². The highest BCUT2D eigenvalue weighted by atomic mass is 19.4. The minimum atomic E-state index is -5.08. The molecule has 12 heteroatoms. The summed E-state index contributed by atoms with van der Waals surface area (Å²) in [6.45, 7) is 3.52. The van der Waals surface area contributed by atoms with Gasteiger partial charge in [0.25, 0.3) is 5.91 Å². The van der Waals surface area contributed by atoms with Gasteiger partial charge in [-0.05, 0) is 37.7 Å². The van der Waals surface area contributed by atoms with E-state index in [1.807, 2.05) is 4.90 Å². The molecule has 3 aliphatic heterocycles. The largest absolute Gasteiger partial charge is 0.490 e. The molecule has 0 unspecified atom stereocenters. The van der Waals surface area contributed by atoms with Crippen LogP contribution in [0.5, 0.6) is 0 Å². The lowest BCUT2D eigenvalue weighted by atomic mass is 9.83. The fraction of sp³-hybridized carbons (Fsp3) is 0.636. The number of amides is 2. The minimum Gasteiger partial charge on any atom is -0.475 e. The smallest absolute Gasteiger partial charge is 0.475 e. The van der Waals surface area contributed by atoms with Gasteiger partial charge in [-0.1, -0.05) is 0 Å². The zero-order chi connectivity index (χ0) is 24.9. The van der Waals surface area contributed by atoms with Crippen LogP contribution in [0, 0.1) is 17.8 Å². The summed E-state index contributed by atoms with van der Waals surface area (Å²) >= 11 is 0. The maximum atomic E-state index is 13.3. The number of piperidine rings is 2. The monoisotopic (exact) mass is 489 g/mol. The topological polar surface area (TPSA) is 100 Å². The fourth-order valence-electron chi connectivity index (χ4n) is 4.64. The van der Waals surface area contributed by atoms with Gasteiger partial charge in [-0.2, -0.15) is 17.6 Å². The number of nitrogens with zero attached hydrogens (tertiary/aromatic N) is 3. The zero-order valence-corrected chi connectivity index (χ0v) is 18.5. The van der Waals surface area contributed by atoms with E-state index in [1.54, 1.807) is 11.0 Å². The lowest BCUT2D eigenvalue weighted by Crippen LogP contribution is -2.45. The molecule has 4 heterocycles. The van der Waals surface area contributed by atoms with Crippen molar-refractivity contribution in [1.82, 2.24) is 14.8 Å². The number of likely N-dealkylation sites (tertiary alicyclic amines) is 2. The van der Waals surface area contributed by atoms with E-state index in [-0.39, 0.29) is 23.8 Å². The van der Waals surface area contributed by atoms with Gasteiger partial charge >= 0.3 is 12.1 Å². The second kappa shape index (κ2) is 11.1. The van der Waals surface area contributed by atoms with Crippen LogP contribution in [-0.4, -0.2) is 82.7 Å². The van der Waals surface area contributed by atoms with Crippen molar-refractivity contribution < 1.29 is 41.8 Å². The molecule has 3 atom stereocenters. The molecular formula is C22H27F4N3O5. The Balaban J connectivity index is 0.000000406. The number of hydrogen-bond acceptors (Lipinski definition) is 5. The second-order valence-electron chi connectivity index (χ2n) is 8.65. The number of hydrogen-bond donors (Lipinski definition) is 1. The molecule has 4 rings (SSSR count). The van der Waals surface area contributed by atoms with E-state index in [1.165, 1.54) is 18.7 Å². The Morgan fingerprint density at radius 3 is 2.41 bits per heavy atom. The molecule has 34 heavy (non-hydrogen) atoms. The Labute approximate surface area is 193 Å². The molecule has 1 aromatic rings. The predicted molar refractivity (Wildman–Crippen MR) is 110 cm³/mol. The maximum absolute atomic E-state index is 13.3. The van der Waals surface area contributed by atoms with Crippen LogP contribution in [0.25, 0.3) is 0 Å². The van der Waals surface area contributed by atoms with Crippen LogP contribution in [0.2, 0.25) is 0 Å². The van der Waals surface area contributed by atoms with Gasteiger partial charge in [0, 0.05) is 49.9 Å². The van der Waals surface area contributed by atoms with Gasteiger partial charge in [-0.3, -0.25) is 9.59 Å². The summed E-state index contributed by atoms with van der Waals surface area (Å²) in [6, 6.07) is 2.72. The van der Waals surface area contributed by atoms with E-state index in [4.69, 9.17) is 14.6 Å². The number of aliphatic carboxylic acids is 1. The predicted octanol–water partition coefficient (Wildman–Crippen LogP) is 2.73. The van der Waals surface area contributed by atoms with Crippen molar-refractivity contribution in [1.29, 1.82) is 0 Å². The highest BCUT2D eigenvalue weighted by Gasteiger charge is 2.43. The molecule has 3 saturated heterocycles. The van der Waals surface area contributed by atoms with Crippen LogP contribution in [0.1, 0.15) is 42.5 Å². The van der Waals surface area contributed by atoms with Crippen LogP contribution >= 0.6 is 0 Å². The molecular weight excluding hydrogens is 462 g/mol. The number of carbonyl (C=O) groups is 3. The normalized spacial score (nSPS) is 24.6. The number of carbonyl (C=O) groups excluding carboxylic acids is 2. The minimum absolute atomic E-state index is 0.0416. The summed E-state index contributed by atoms with van der Waals surface area (Å²) in [6.07, 6.45) is 0.856. The Bertz CT molecular complexity index is 892. The SMILES string of the molecule is O=C(C[C@@H]1OC[C@H]2CN(C(=O)c3ccnc(F)c3)CC[C@H]21)N1CCCCC1.O=C(O)C(F)(F)F. The van der Waals surface area contributed by atoms with E-state index >= 15 is 0 Å². The lowest BCUT2D eigenvalue weighted by Gasteiger charge is -2.36. The van der Waals surface area contributed by atoms with E-state index in [0.717, 1.165) is 32.4 Å². The summed E-state index contributed by atoms with van der Waals surface area (Å²) in [4.78, 5) is 41.3. The molecule has 188 valence electrons. The van der Waals surface area contributed by atoms with Gasteiger partial charge in [-0.15, -0.1) is 0 Å². The number of pyridine rings is 1. The molecule has 0 radical (unpaired) electrons. The van der Waals surface area contributed by atoms with Gasteiger partial charge in [0.1, 0.15) is 0 Å². The van der Waals surface area contributed by atoms with Gasteiger partial charge in [-0.25, -0.2) is 9.78 Å². The molecule has 3 aliphatic rings. The molecule has 1 aromatic heterocycles. The Kier molecular flexibility index (Phi) is 8.45. The third-order valence-electron chi connectivity index (χ3n) is 6.38. The molecule has 2 amide bonds. The molecule has 3 fully saturated rings. The zero-order valence-electron chi connectivity index (χ0n) is 18.5. The highest BCUT2D eigenvalue weighted by molar-refractivity contribution is 5.94. The van der Waals surface area contributed by atoms with Crippen LogP contribution in [-0.2, 0) is 14.3 Å². The first kappa shape index (κ1) is 25.9. The number of alkyl halides is 3. The number of carboxylic acid groups (broad SMARTS) is 1. The van der Waals surface area contributed by atoms with Crippen molar-refractivity contribution in [2.24, 2.45) is 11.8 Å². The molecule has 1 N–H and O–H groups in total. The summed E-state index contributed by atoms with van der Waals surface area (Å²) in [7, 11) is 0. The Morgan fingerprint density at radius 2 is 1.79 bits per heavy atom. The number of rotatable bonds is 3. The van der Waals surface area contributed by atoms with Crippen molar-refractivity contribution in [2.75, 3.05) is 32.8 Å². The van der Waals surface area contributed by atoms with E-state index in [0.29, 0.717) is 37.6 Å². The molecule has 8 nitrogen and oxygen atoms in total. The summed E-state index contributed by atoms with van der Waals surface area (Å²) in [5.74, 6) is -2.80. The molecule has 0 aromatic carbocycles. The van der Waals surface area contributed by atoms with Crippen molar-refractivity contribution in [2.45, 2.75) is 44.4 Å². The van der Waals surface area contributed by atoms with Gasteiger partial charge in [0.2, 0.25) is 11.9 Å². The van der Waals surface area contributed by atoms with Gasteiger partial charge < -0.3 is 19.6 Å². The second-order valence-corrected chi connectivity index (χ2v) is 8.65. The Morgan fingerprint density at radius 1 is 1.12 bits per heavy atom. The maximum Gasteiger partial charge on any atom is 0.490 e. The van der Waals surface area contributed by atoms with Crippen LogP contribution in [0.15, 0.2) is 18.3 Å². The lowest BCUT2D eigenvalue weighted by molar-refractivity contribution is -0.192. The van der Waals surface area contributed by atoms with Gasteiger partial charge in [0.15, 0.2) is 0 Å². The van der Waals surface area contributed by atoms with Crippen molar-refractivity contribution in [3.05, 3.63) is 29.8 Å². The third kappa shape index (κ3) is 6.64. The standard InChI is InChI=1S/C20H26FN3O3.C2HF3O2/c21-18-10-14(4-6-22-18)20(26)24-9-5-16-15(12-24)13-27-17(16)11-19(25)23-7-2-1-3-8-23;3-2(4,5)1(6)7/h4,6,10,15-17H,1-3,5,7-9,11-13H2;(H,6,7)/t15-,16-,17+;/m1./s1. The van der Waals surface area contributed by atoms with E-state index < -0.39 is 18.1 Å². The molecule has 0 saturated carbocycles. The number of fused-ring (bicyclic) bond motifs is 1. The van der Waals surface area contributed by atoms with Crippen molar-refractivity contribution >= 4 is 17.8 Å². The Hall–Kier alpha value is -2.76.